The maximum Gasteiger partial charge on any atom is 0.123 e. The minimum Gasteiger partial charge on any atom is -0.492 e. The third-order valence-corrected chi connectivity index (χ3v) is 4.71. The van der Waals surface area contributed by atoms with Crippen molar-refractivity contribution in [2.24, 2.45) is 5.92 Å². The molecule has 2 fully saturated rings. The fraction of sp³-hybridized carbons (Fsp3) is 0.647. The van der Waals surface area contributed by atoms with Crippen LogP contribution in [-0.4, -0.2) is 43.7 Å². The summed E-state index contributed by atoms with van der Waals surface area (Å²) in [6.07, 6.45) is 5.07. The Kier molecular flexibility index (Phi) is 6.93. The SMILES string of the molecule is Cl.Fc1ccc(OCC2CCCN2CC2CCNCC2)cc1. The summed E-state index contributed by atoms with van der Waals surface area (Å²) in [7, 11) is 0. The van der Waals surface area contributed by atoms with E-state index in [1.807, 2.05) is 0 Å². The second-order valence-corrected chi connectivity index (χ2v) is 6.25. The third-order valence-electron chi connectivity index (χ3n) is 4.71. The van der Waals surface area contributed by atoms with Crippen LogP contribution in [0.1, 0.15) is 25.7 Å². The van der Waals surface area contributed by atoms with Crippen LogP contribution in [0.3, 0.4) is 0 Å². The fourth-order valence-electron chi connectivity index (χ4n) is 3.44. The molecule has 0 bridgehead atoms. The van der Waals surface area contributed by atoms with Gasteiger partial charge in [-0.1, -0.05) is 0 Å². The lowest BCUT2D eigenvalue weighted by molar-refractivity contribution is 0.144. The van der Waals surface area contributed by atoms with E-state index in [2.05, 4.69) is 10.2 Å². The van der Waals surface area contributed by atoms with Gasteiger partial charge in [-0.3, -0.25) is 4.90 Å². The molecule has 2 aliphatic rings. The molecular formula is C17H26ClFN2O. The summed E-state index contributed by atoms with van der Waals surface area (Å²) in [5.41, 5.74) is 0. The first-order chi connectivity index (χ1) is 10.3. The molecule has 5 heteroatoms. The first-order valence-electron chi connectivity index (χ1n) is 8.14. The van der Waals surface area contributed by atoms with Crippen LogP contribution < -0.4 is 10.1 Å². The molecule has 0 saturated carbocycles. The van der Waals surface area contributed by atoms with Gasteiger partial charge in [0.2, 0.25) is 0 Å². The average molecular weight is 329 g/mol. The van der Waals surface area contributed by atoms with E-state index < -0.39 is 0 Å². The number of ether oxygens (including phenoxy) is 1. The molecule has 1 aromatic carbocycles. The van der Waals surface area contributed by atoms with E-state index in [4.69, 9.17) is 4.74 Å². The van der Waals surface area contributed by atoms with E-state index in [0.717, 1.165) is 31.4 Å². The number of benzene rings is 1. The molecule has 3 rings (SSSR count). The molecule has 0 aromatic heterocycles. The summed E-state index contributed by atoms with van der Waals surface area (Å²) < 4.78 is 18.7. The molecule has 22 heavy (non-hydrogen) atoms. The van der Waals surface area contributed by atoms with Crippen molar-refractivity contribution < 1.29 is 9.13 Å². The van der Waals surface area contributed by atoms with Crippen LogP contribution in [0, 0.1) is 11.7 Å². The first kappa shape index (κ1) is 17.5. The van der Waals surface area contributed by atoms with Crippen molar-refractivity contribution in [1.82, 2.24) is 10.2 Å². The van der Waals surface area contributed by atoms with Crippen LogP contribution in [0.5, 0.6) is 5.75 Å². The van der Waals surface area contributed by atoms with Crippen LogP contribution in [0.4, 0.5) is 4.39 Å². The average Bonchev–Trinajstić information content (AvgIpc) is 2.95. The number of hydrogen-bond donors (Lipinski definition) is 1. The maximum absolute atomic E-state index is 12.9. The Morgan fingerprint density at radius 3 is 2.59 bits per heavy atom. The molecule has 0 amide bonds. The molecular weight excluding hydrogens is 303 g/mol. The number of piperidine rings is 1. The summed E-state index contributed by atoms with van der Waals surface area (Å²) in [6.45, 7) is 5.45. The van der Waals surface area contributed by atoms with E-state index in [1.165, 1.54) is 50.9 Å². The van der Waals surface area contributed by atoms with Crippen LogP contribution in [-0.2, 0) is 0 Å². The van der Waals surface area contributed by atoms with Gasteiger partial charge in [0.05, 0.1) is 0 Å². The van der Waals surface area contributed by atoms with Crippen molar-refractivity contribution >= 4 is 12.4 Å². The van der Waals surface area contributed by atoms with Gasteiger partial charge in [-0.2, -0.15) is 0 Å². The minimum absolute atomic E-state index is 0. The molecule has 2 saturated heterocycles. The summed E-state index contributed by atoms with van der Waals surface area (Å²) in [5.74, 6) is 1.39. The molecule has 2 aliphatic heterocycles. The van der Waals surface area contributed by atoms with Gasteiger partial charge < -0.3 is 10.1 Å². The van der Waals surface area contributed by atoms with Crippen molar-refractivity contribution in [1.29, 1.82) is 0 Å². The molecule has 1 N–H and O–H groups in total. The lowest BCUT2D eigenvalue weighted by Crippen LogP contribution is -2.40. The number of nitrogens with zero attached hydrogens (tertiary/aromatic N) is 1. The van der Waals surface area contributed by atoms with Crippen LogP contribution in [0.25, 0.3) is 0 Å². The number of nitrogens with one attached hydrogen (secondary N) is 1. The highest BCUT2D eigenvalue weighted by molar-refractivity contribution is 5.85. The van der Waals surface area contributed by atoms with E-state index >= 15 is 0 Å². The molecule has 1 atom stereocenters. The predicted molar refractivity (Wildman–Crippen MR) is 89.3 cm³/mol. The minimum atomic E-state index is -0.212. The monoisotopic (exact) mass is 328 g/mol. The van der Waals surface area contributed by atoms with E-state index in [-0.39, 0.29) is 18.2 Å². The van der Waals surface area contributed by atoms with Gasteiger partial charge in [0.1, 0.15) is 18.2 Å². The lowest BCUT2D eigenvalue weighted by atomic mass is 9.97. The summed E-state index contributed by atoms with van der Waals surface area (Å²) in [4.78, 5) is 2.60. The fourth-order valence-corrected chi connectivity index (χ4v) is 3.44. The quantitative estimate of drug-likeness (QED) is 0.899. The van der Waals surface area contributed by atoms with Gasteiger partial charge >= 0.3 is 0 Å². The summed E-state index contributed by atoms with van der Waals surface area (Å²) in [5, 5.41) is 3.43. The van der Waals surface area contributed by atoms with Crippen LogP contribution in [0.2, 0.25) is 0 Å². The van der Waals surface area contributed by atoms with Crippen LogP contribution >= 0.6 is 12.4 Å². The molecule has 0 spiro atoms. The Labute approximate surface area is 138 Å². The summed E-state index contributed by atoms with van der Waals surface area (Å²) >= 11 is 0. The maximum atomic E-state index is 12.9. The van der Waals surface area contributed by atoms with Gasteiger partial charge in [-0.15, -0.1) is 12.4 Å². The van der Waals surface area contributed by atoms with Gasteiger partial charge in [0.25, 0.3) is 0 Å². The van der Waals surface area contributed by atoms with Gasteiger partial charge in [-0.05, 0) is 75.5 Å². The van der Waals surface area contributed by atoms with E-state index in [0.29, 0.717) is 6.04 Å². The number of likely N-dealkylation sites (tertiary alicyclic amines) is 1. The van der Waals surface area contributed by atoms with Crippen molar-refractivity contribution in [3.63, 3.8) is 0 Å². The van der Waals surface area contributed by atoms with Crippen LogP contribution in [0.15, 0.2) is 24.3 Å². The van der Waals surface area contributed by atoms with Crippen molar-refractivity contribution in [3.8, 4) is 5.75 Å². The van der Waals surface area contributed by atoms with Gasteiger partial charge in [0.15, 0.2) is 0 Å². The molecule has 2 heterocycles. The smallest absolute Gasteiger partial charge is 0.123 e. The topological polar surface area (TPSA) is 24.5 Å². The lowest BCUT2D eigenvalue weighted by Gasteiger charge is -2.31. The molecule has 0 aliphatic carbocycles. The molecule has 3 nitrogen and oxygen atoms in total. The standard InChI is InChI=1S/C17H25FN2O.ClH/c18-15-3-5-17(6-4-15)21-13-16-2-1-11-20(16)12-14-7-9-19-10-8-14;/h3-6,14,16,19H,1-2,7-13H2;1H. The highest BCUT2D eigenvalue weighted by Gasteiger charge is 2.27. The van der Waals surface area contributed by atoms with Gasteiger partial charge in [0, 0.05) is 12.6 Å². The zero-order valence-electron chi connectivity index (χ0n) is 13.0. The largest absolute Gasteiger partial charge is 0.492 e. The zero-order valence-corrected chi connectivity index (χ0v) is 13.8. The molecule has 0 radical (unpaired) electrons. The Bertz CT molecular complexity index is 437. The normalized spacial score (nSPS) is 23.2. The Morgan fingerprint density at radius 2 is 1.86 bits per heavy atom. The second kappa shape index (κ2) is 8.70. The number of halogens is 2. The van der Waals surface area contributed by atoms with Crippen molar-refractivity contribution in [3.05, 3.63) is 30.1 Å². The van der Waals surface area contributed by atoms with Crippen molar-refractivity contribution in [2.45, 2.75) is 31.7 Å². The zero-order chi connectivity index (χ0) is 14.5. The Morgan fingerprint density at radius 1 is 1.14 bits per heavy atom. The Balaban J connectivity index is 0.00000176. The molecule has 1 unspecified atom stereocenters. The molecule has 124 valence electrons. The Hall–Kier alpha value is -0.840. The van der Waals surface area contributed by atoms with E-state index in [1.54, 1.807) is 12.1 Å². The number of hydrogen-bond acceptors (Lipinski definition) is 3. The van der Waals surface area contributed by atoms with E-state index in [9.17, 15) is 4.39 Å². The highest BCUT2D eigenvalue weighted by Crippen LogP contribution is 2.23. The highest BCUT2D eigenvalue weighted by atomic mass is 35.5. The summed E-state index contributed by atoms with van der Waals surface area (Å²) in [6, 6.07) is 6.85. The first-order valence-corrected chi connectivity index (χ1v) is 8.14. The predicted octanol–water partition coefficient (Wildman–Crippen LogP) is 3.09. The second-order valence-electron chi connectivity index (χ2n) is 6.25. The van der Waals surface area contributed by atoms with Gasteiger partial charge in [-0.25, -0.2) is 4.39 Å². The number of rotatable bonds is 5. The van der Waals surface area contributed by atoms with Crippen molar-refractivity contribution in [2.75, 3.05) is 32.8 Å². The molecule has 1 aromatic rings. The third kappa shape index (κ3) is 4.83.